The van der Waals surface area contributed by atoms with Gasteiger partial charge in [-0.1, -0.05) is 35.5 Å². The van der Waals surface area contributed by atoms with E-state index in [0.29, 0.717) is 17.0 Å². The Bertz CT molecular complexity index is 1390. The first-order chi connectivity index (χ1) is 15.9. The molecule has 0 aliphatic heterocycles. The molecule has 0 saturated carbocycles. The van der Waals surface area contributed by atoms with Crippen LogP contribution >= 0.6 is 0 Å². The maximum atomic E-state index is 13.4. The van der Waals surface area contributed by atoms with Gasteiger partial charge in [0.1, 0.15) is 17.8 Å². The smallest absolute Gasteiger partial charge is 0.264 e. The van der Waals surface area contributed by atoms with E-state index in [1.807, 2.05) is 24.3 Å². The van der Waals surface area contributed by atoms with Crippen molar-refractivity contribution in [1.82, 2.24) is 15.0 Å². The molecule has 0 fully saturated rings. The van der Waals surface area contributed by atoms with E-state index in [2.05, 4.69) is 15.6 Å². The minimum Gasteiger partial charge on any atom is -0.495 e. The van der Waals surface area contributed by atoms with Crippen LogP contribution in [-0.4, -0.2) is 43.0 Å². The number of amides is 1. The number of sulfonamides is 1. The summed E-state index contributed by atoms with van der Waals surface area (Å²) in [6.45, 7) is 1.92. The minimum absolute atomic E-state index is 0.0375. The van der Waals surface area contributed by atoms with Crippen LogP contribution in [0.15, 0.2) is 77.7 Å². The van der Waals surface area contributed by atoms with Gasteiger partial charge in [-0.3, -0.25) is 9.10 Å². The fourth-order valence-corrected chi connectivity index (χ4v) is 5.02. The Hall–Kier alpha value is -3.92. The standard InChI is InChI=1S/C23H23N5O4S/c1-3-28(17-9-5-4-6-10-17)33(30,31)18-13-14-22(32-2)20(15-18)24-23(29)16-27-21-12-8-7-11-19(21)25-26-27/h4-15H,3,16H2,1-2H3,(H,24,29). The zero-order valence-electron chi connectivity index (χ0n) is 18.2. The van der Waals surface area contributed by atoms with Crippen LogP contribution in [0.1, 0.15) is 6.92 Å². The van der Waals surface area contributed by atoms with Crippen LogP contribution in [0.3, 0.4) is 0 Å². The van der Waals surface area contributed by atoms with Gasteiger partial charge in [-0.05, 0) is 49.4 Å². The van der Waals surface area contributed by atoms with Crippen molar-refractivity contribution in [3.8, 4) is 5.75 Å². The monoisotopic (exact) mass is 465 g/mol. The Morgan fingerprint density at radius 2 is 1.79 bits per heavy atom. The Morgan fingerprint density at radius 1 is 1.06 bits per heavy atom. The summed E-state index contributed by atoms with van der Waals surface area (Å²) < 4.78 is 34.8. The second kappa shape index (κ2) is 9.29. The van der Waals surface area contributed by atoms with E-state index in [0.717, 1.165) is 5.52 Å². The van der Waals surface area contributed by atoms with Crippen LogP contribution in [-0.2, 0) is 21.4 Å². The molecule has 0 aliphatic carbocycles. The number of carbonyl (C=O) groups is 1. The van der Waals surface area contributed by atoms with E-state index in [1.54, 1.807) is 37.3 Å². The summed E-state index contributed by atoms with van der Waals surface area (Å²) in [5, 5.41) is 10.8. The highest BCUT2D eigenvalue weighted by Crippen LogP contribution is 2.30. The van der Waals surface area contributed by atoms with Crippen molar-refractivity contribution in [2.24, 2.45) is 0 Å². The third-order valence-electron chi connectivity index (χ3n) is 5.08. The lowest BCUT2D eigenvalue weighted by Gasteiger charge is -2.23. The van der Waals surface area contributed by atoms with Gasteiger partial charge in [0.25, 0.3) is 10.0 Å². The number of nitrogens with zero attached hydrogens (tertiary/aromatic N) is 4. The van der Waals surface area contributed by atoms with Crippen LogP contribution in [0, 0.1) is 0 Å². The van der Waals surface area contributed by atoms with Crippen molar-refractivity contribution in [2.45, 2.75) is 18.4 Å². The Balaban J connectivity index is 1.62. The SMILES string of the molecule is CCN(c1ccccc1)S(=O)(=O)c1ccc(OC)c(NC(=O)Cn2nnc3ccccc32)c1. The van der Waals surface area contributed by atoms with Gasteiger partial charge in [-0.25, -0.2) is 13.1 Å². The highest BCUT2D eigenvalue weighted by Gasteiger charge is 2.25. The van der Waals surface area contributed by atoms with E-state index >= 15 is 0 Å². The number of aromatic nitrogens is 3. The summed E-state index contributed by atoms with van der Waals surface area (Å²) in [5.74, 6) is -0.0533. The molecule has 0 radical (unpaired) electrons. The molecule has 0 spiro atoms. The number of rotatable bonds is 8. The molecule has 0 bridgehead atoms. The number of anilines is 2. The molecule has 33 heavy (non-hydrogen) atoms. The molecule has 0 saturated heterocycles. The van der Waals surface area contributed by atoms with Crippen molar-refractivity contribution < 1.29 is 17.9 Å². The van der Waals surface area contributed by atoms with Crippen LogP contribution in [0.2, 0.25) is 0 Å². The topological polar surface area (TPSA) is 106 Å². The second-order valence-corrected chi connectivity index (χ2v) is 9.01. The second-order valence-electron chi connectivity index (χ2n) is 7.15. The summed E-state index contributed by atoms with van der Waals surface area (Å²) in [4.78, 5) is 12.8. The minimum atomic E-state index is -3.87. The van der Waals surface area contributed by atoms with Crippen LogP contribution in [0.4, 0.5) is 11.4 Å². The normalized spacial score (nSPS) is 11.3. The number of methoxy groups -OCH3 is 1. The molecule has 4 rings (SSSR count). The molecule has 170 valence electrons. The molecule has 1 heterocycles. The summed E-state index contributed by atoms with van der Waals surface area (Å²) in [6.07, 6.45) is 0. The highest BCUT2D eigenvalue weighted by atomic mass is 32.2. The zero-order chi connectivity index (χ0) is 23.4. The number of hydrogen-bond acceptors (Lipinski definition) is 6. The molecule has 10 heteroatoms. The van der Waals surface area contributed by atoms with Gasteiger partial charge in [-0.2, -0.15) is 0 Å². The maximum Gasteiger partial charge on any atom is 0.264 e. The molecule has 1 N–H and O–H groups in total. The molecule has 0 unspecified atom stereocenters. The third-order valence-corrected chi connectivity index (χ3v) is 6.98. The number of carbonyl (C=O) groups excluding carboxylic acids is 1. The molecule has 1 amide bonds. The fourth-order valence-electron chi connectivity index (χ4n) is 3.52. The van der Waals surface area contributed by atoms with Gasteiger partial charge in [0.2, 0.25) is 5.91 Å². The van der Waals surface area contributed by atoms with E-state index < -0.39 is 15.9 Å². The largest absolute Gasteiger partial charge is 0.495 e. The lowest BCUT2D eigenvalue weighted by molar-refractivity contribution is -0.116. The molecule has 3 aromatic carbocycles. The average Bonchev–Trinajstić information content (AvgIpc) is 3.22. The quantitative estimate of drug-likeness (QED) is 0.428. The fraction of sp³-hybridized carbons (Fsp3) is 0.174. The number of fused-ring (bicyclic) bond motifs is 1. The number of para-hydroxylation sites is 2. The summed E-state index contributed by atoms with van der Waals surface area (Å²) >= 11 is 0. The molecular formula is C23H23N5O4S. The van der Waals surface area contributed by atoms with Gasteiger partial charge in [0, 0.05) is 6.54 Å². The van der Waals surface area contributed by atoms with Gasteiger partial charge in [0.05, 0.1) is 28.9 Å². The predicted octanol–water partition coefficient (Wildman–Crippen LogP) is 3.29. The Morgan fingerprint density at radius 3 is 2.52 bits per heavy atom. The average molecular weight is 466 g/mol. The molecule has 9 nitrogen and oxygen atoms in total. The van der Waals surface area contributed by atoms with Crippen molar-refractivity contribution in [3.05, 3.63) is 72.8 Å². The van der Waals surface area contributed by atoms with Crippen molar-refractivity contribution in [2.75, 3.05) is 23.3 Å². The van der Waals surface area contributed by atoms with Gasteiger partial charge < -0.3 is 10.1 Å². The lowest BCUT2D eigenvalue weighted by atomic mass is 10.3. The number of ether oxygens (including phenoxy) is 1. The molecule has 0 atom stereocenters. The lowest BCUT2D eigenvalue weighted by Crippen LogP contribution is -2.30. The Labute approximate surface area is 191 Å². The Kier molecular flexibility index (Phi) is 6.27. The maximum absolute atomic E-state index is 13.4. The van der Waals surface area contributed by atoms with Crippen LogP contribution < -0.4 is 14.4 Å². The summed E-state index contributed by atoms with van der Waals surface area (Å²) in [6, 6.07) is 20.5. The van der Waals surface area contributed by atoms with Crippen LogP contribution in [0.25, 0.3) is 11.0 Å². The van der Waals surface area contributed by atoms with E-state index in [9.17, 15) is 13.2 Å². The molecule has 4 aromatic rings. The molecule has 1 aromatic heterocycles. The zero-order valence-corrected chi connectivity index (χ0v) is 19.0. The first kappa shape index (κ1) is 22.3. The van der Waals surface area contributed by atoms with E-state index in [4.69, 9.17) is 4.74 Å². The molecular weight excluding hydrogens is 442 g/mol. The number of benzene rings is 3. The van der Waals surface area contributed by atoms with Crippen molar-refractivity contribution in [3.63, 3.8) is 0 Å². The van der Waals surface area contributed by atoms with Gasteiger partial charge in [0.15, 0.2) is 0 Å². The van der Waals surface area contributed by atoms with Gasteiger partial charge in [-0.15, -0.1) is 5.10 Å². The third kappa shape index (κ3) is 4.51. The van der Waals surface area contributed by atoms with Crippen LogP contribution in [0.5, 0.6) is 5.75 Å². The van der Waals surface area contributed by atoms with E-state index in [-0.39, 0.29) is 23.7 Å². The number of nitrogens with one attached hydrogen (secondary N) is 1. The summed E-state index contributed by atoms with van der Waals surface area (Å²) in [7, 11) is -2.42. The molecule has 0 aliphatic rings. The first-order valence-electron chi connectivity index (χ1n) is 10.3. The first-order valence-corrected chi connectivity index (χ1v) is 11.7. The van der Waals surface area contributed by atoms with Crippen molar-refractivity contribution >= 4 is 38.3 Å². The highest BCUT2D eigenvalue weighted by molar-refractivity contribution is 7.92. The van der Waals surface area contributed by atoms with Gasteiger partial charge >= 0.3 is 0 Å². The number of hydrogen-bond donors (Lipinski definition) is 1. The van der Waals surface area contributed by atoms with Crippen molar-refractivity contribution in [1.29, 1.82) is 0 Å². The summed E-state index contributed by atoms with van der Waals surface area (Å²) in [5.41, 5.74) is 2.20. The van der Waals surface area contributed by atoms with E-state index in [1.165, 1.54) is 34.3 Å². The predicted molar refractivity (Wildman–Crippen MR) is 126 cm³/mol.